The van der Waals surface area contributed by atoms with Crippen molar-refractivity contribution in [1.82, 2.24) is 4.90 Å². The summed E-state index contributed by atoms with van der Waals surface area (Å²) in [6.07, 6.45) is 0. The highest BCUT2D eigenvalue weighted by Crippen LogP contribution is 2.13. The molecule has 0 unspecified atom stereocenters. The van der Waals surface area contributed by atoms with Crippen LogP contribution in [0.1, 0.15) is 15.9 Å². The van der Waals surface area contributed by atoms with Crippen LogP contribution in [0.15, 0.2) is 48.5 Å². The standard InChI is InChI=1S/C15H15BClNO3/c1-18(10-11-5-3-2-4-6-11)15(19)12-7-8-13(16(20)21)14(17)9-12/h2-9,20-21H,10H2,1H3. The molecule has 0 saturated carbocycles. The molecule has 2 rings (SSSR count). The molecule has 0 saturated heterocycles. The average molecular weight is 304 g/mol. The first kappa shape index (κ1) is 15.6. The maximum absolute atomic E-state index is 12.3. The monoisotopic (exact) mass is 303 g/mol. The van der Waals surface area contributed by atoms with Crippen molar-refractivity contribution >= 4 is 30.1 Å². The quantitative estimate of drug-likeness (QED) is 0.837. The van der Waals surface area contributed by atoms with Crippen molar-refractivity contribution in [1.29, 1.82) is 0 Å². The molecule has 0 bridgehead atoms. The minimum Gasteiger partial charge on any atom is -0.423 e. The molecule has 0 fully saturated rings. The van der Waals surface area contributed by atoms with Crippen molar-refractivity contribution in [3.63, 3.8) is 0 Å². The molecule has 0 aliphatic heterocycles. The Bertz CT molecular complexity index is 634. The van der Waals surface area contributed by atoms with Gasteiger partial charge in [-0.3, -0.25) is 4.79 Å². The third kappa shape index (κ3) is 3.85. The lowest BCUT2D eigenvalue weighted by Crippen LogP contribution is -2.32. The molecule has 108 valence electrons. The number of halogens is 1. The molecule has 0 aromatic heterocycles. The molecular formula is C15H15BClNO3. The summed E-state index contributed by atoms with van der Waals surface area (Å²) >= 11 is 5.94. The van der Waals surface area contributed by atoms with Gasteiger partial charge in [0.05, 0.1) is 0 Å². The van der Waals surface area contributed by atoms with E-state index >= 15 is 0 Å². The molecule has 0 atom stereocenters. The number of hydrogen-bond donors (Lipinski definition) is 2. The molecule has 0 spiro atoms. The number of nitrogens with zero attached hydrogens (tertiary/aromatic N) is 1. The van der Waals surface area contributed by atoms with E-state index in [1.54, 1.807) is 11.9 Å². The molecule has 0 aliphatic carbocycles. The number of amides is 1. The third-order valence-corrected chi connectivity index (χ3v) is 3.46. The van der Waals surface area contributed by atoms with Crippen molar-refractivity contribution in [2.45, 2.75) is 6.54 Å². The molecule has 21 heavy (non-hydrogen) atoms. The first-order valence-electron chi connectivity index (χ1n) is 6.44. The molecular weight excluding hydrogens is 288 g/mol. The first-order valence-corrected chi connectivity index (χ1v) is 6.82. The Labute approximate surface area is 128 Å². The van der Waals surface area contributed by atoms with Crippen LogP contribution in [-0.4, -0.2) is 35.0 Å². The Morgan fingerprint density at radius 2 is 1.86 bits per heavy atom. The lowest BCUT2D eigenvalue weighted by molar-refractivity contribution is 0.0785. The smallest absolute Gasteiger partial charge is 0.423 e. The van der Waals surface area contributed by atoms with Gasteiger partial charge in [-0.1, -0.05) is 48.0 Å². The molecule has 2 aromatic rings. The zero-order chi connectivity index (χ0) is 15.4. The second-order valence-electron chi connectivity index (χ2n) is 4.76. The highest BCUT2D eigenvalue weighted by molar-refractivity contribution is 6.62. The van der Waals surface area contributed by atoms with Gasteiger partial charge in [0.15, 0.2) is 0 Å². The second kappa shape index (κ2) is 6.76. The fraction of sp³-hybridized carbons (Fsp3) is 0.133. The minimum absolute atomic E-state index is 0.156. The summed E-state index contributed by atoms with van der Waals surface area (Å²) in [5, 5.41) is 18.4. The maximum atomic E-state index is 12.3. The van der Waals surface area contributed by atoms with Crippen LogP contribution < -0.4 is 5.46 Å². The topological polar surface area (TPSA) is 60.8 Å². The Morgan fingerprint density at radius 1 is 1.19 bits per heavy atom. The van der Waals surface area contributed by atoms with Crippen LogP contribution in [-0.2, 0) is 6.54 Å². The molecule has 2 N–H and O–H groups in total. The van der Waals surface area contributed by atoms with Crippen molar-refractivity contribution in [2.24, 2.45) is 0 Å². The van der Waals surface area contributed by atoms with Gasteiger partial charge in [0.1, 0.15) is 0 Å². The van der Waals surface area contributed by atoms with Gasteiger partial charge in [-0.15, -0.1) is 0 Å². The molecule has 1 amide bonds. The van der Waals surface area contributed by atoms with E-state index < -0.39 is 7.12 Å². The molecule has 6 heteroatoms. The lowest BCUT2D eigenvalue weighted by atomic mass is 9.80. The molecule has 0 heterocycles. The van der Waals surface area contributed by atoms with E-state index in [1.807, 2.05) is 30.3 Å². The van der Waals surface area contributed by atoms with Gasteiger partial charge in [-0.05, 0) is 17.7 Å². The fourth-order valence-corrected chi connectivity index (χ4v) is 2.30. The number of carbonyl (C=O) groups excluding carboxylic acids is 1. The van der Waals surface area contributed by atoms with E-state index in [1.165, 1.54) is 18.2 Å². The van der Waals surface area contributed by atoms with Crippen LogP contribution in [0.2, 0.25) is 5.02 Å². The highest BCUT2D eigenvalue weighted by Gasteiger charge is 2.18. The van der Waals surface area contributed by atoms with Crippen LogP contribution in [0.3, 0.4) is 0 Å². The van der Waals surface area contributed by atoms with Gasteiger partial charge >= 0.3 is 7.12 Å². The van der Waals surface area contributed by atoms with Gasteiger partial charge in [-0.2, -0.15) is 0 Å². The molecule has 2 aromatic carbocycles. The van der Waals surface area contributed by atoms with Crippen molar-refractivity contribution in [3.05, 3.63) is 64.7 Å². The number of carbonyl (C=O) groups is 1. The minimum atomic E-state index is -1.65. The van der Waals surface area contributed by atoms with E-state index in [0.717, 1.165) is 5.56 Å². The Kier molecular flexibility index (Phi) is 5.01. The summed E-state index contributed by atoms with van der Waals surface area (Å²) in [5.41, 5.74) is 1.61. The van der Waals surface area contributed by atoms with Gasteiger partial charge in [0, 0.05) is 29.6 Å². The molecule has 0 radical (unpaired) electrons. The average Bonchev–Trinajstić information content (AvgIpc) is 2.47. The summed E-state index contributed by atoms with van der Waals surface area (Å²) in [4.78, 5) is 13.9. The normalized spacial score (nSPS) is 10.3. The molecule has 0 aliphatic rings. The van der Waals surface area contributed by atoms with Crippen LogP contribution in [0, 0.1) is 0 Å². The van der Waals surface area contributed by atoms with Gasteiger partial charge in [0.25, 0.3) is 5.91 Å². The van der Waals surface area contributed by atoms with Crippen molar-refractivity contribution < 1.29 is 14.8 Å². The van der Waals surface area contributed by atoms with Gasteiger partial charge < -0.3 is 14.9 Å². The predicted octanol–water partition coefficient (Wildman–Crippen LogP) is 1.29. The van der Waals surface area contributed by atoms with E-state index in [2.05, 4.69) is 0 Å². The van der Waals surface area contributed by atoms with Crippen molar-refractivity contribution in [2.75, 3.05) is 7.05 Å². The zero-order valence-corrected chi connectivity index (χ0v) is 12.3. The van der Waals surface area contributed by atoms with E-state index in [4.69, 9.17) is 21.6 Å². The van der Waals surface area contributed by atoms with Crippen molar-refractivity contribution in [3.8, 4) is 0 Å². The summed E-state index contributed by atoms with van der Waals surface area (Å²) in [5.74, 6) is -0.181. The van der Waals surface area contributed by atoms with Gasteiger partial charge in [-0.25, -0.2) is 0 Å². The number of benzene rings is 2. The number of hydrogen-bond acceptors (Lipinski definition) is 3. The van der Waals surface area contributed by atoms with E-state index in [-0.39, 0.29) is 16.4 Å². The second-order valence-corrected chi connectivity index (χ2v) is 5.16. The third-order valence-electron chi connectivity index (χ3n) is 3.13. The van der Waals surface area contributed by atoms with Crippen LogP contribution >= 0.6 is 11.6 Å². The first-order chi connectivity index (χ1) is 9.99. The highest BCUT2D eigenvalue weighted by atomic mass is 35.5. The largest absolute Gasteiger partial charge is 0.489 e. The number of rotatable bonds is 4. The maximum Gasteiger partial charge on any atom is 0.489 e. The summed E-state index contributed by atoms with van der Waals surface area (Å²) in [6, 6.07) is 14.1. The fourth-order valence-electron chi connectivity index (χ4n) is 2.02. The molecule has 4 nitrogen and oxygen atoms in total. The zero-order valence-electron chi connectivity index (χ0n) is 11.5. The Morgan fingerprint density at radius 3 is 2.43 bits per heavy atom. The summed E-state index contributed by atoms with van der Waals surface area (Å²) in [7, 11) is 0.0570. The van der Waals surface area contributed by atoms with E-state index in [0.29, 0.717) is 12.1 Å². The van der Waals surface area contributed by atoms with Crippen LogP contribution in [0.4, 0.5) is 0 Å². The summed E-state index contributed by atoms with van der Waals surface area (Å²) in [6.45, 7) is 0.488. The SMILES string of the molecule is CN(Cc1ccccc1)C(=O)c1ccc(B(O)O)c(Cl)c1. The van der Waals surface area contributed by atoms with E-state index in [9.17, 15) is 4.79 Å². The summed E-state index contributed by atoms with van der Waals surface area (Å²) < 4.78 is 0. The Hall–Kier alpha value is -1.82. The van der Waals surface area contributed by atoms with Crippen LogP contribution in [0.5, 0.6) is 0 Å². The van der Waals surface area contributed by atoms with Crippen LogP contribution in [0.25, 0.3) is 0 Å². The Balaban J connectivity index is 2.14. The lowest BCUT2D eigenvalue weighted by Gasteiger charge is -2.18. The predicted molar refractivity (Wildman–Crippen MR) is 83.5 cm³/mol. The van der Waals surface area contributed by atoms with Gasteiger partial charge in [0.2, 0.25) is 0 Å².